The number of anilines is 1. The lowest BCUT2D eigenvalue weighted by Crippen LogP contribution is -2.19. The van der Waals surface area contributed by atoms with Gasteiger partial charge in [-0.3, -0.25) is 5.43 Å². The van der Waals surface area contributed by atoms with E-state index in [9.17, 15) is 4.79 Å². The number of carboxylic acid groups (broad SMARTS) is 1. The Morgan fingerprint density at radius 2 is 2.31 bits per heavy atom. The van der Waals surface area contributed by atoms with E-state index in [4.69, 9.17) is 16.7 Å². The molecule has 0 bridgehead atoms. The Hall–Kier alpha value is -0.850. The van der Waals surface area contributed by atoms with E-state index >= 15 is 0 Å². The first kappa shape index (κ1) is 10.2. The number of hydrazine groups is 1. The highest BCUT2D eigenvalue weighted by Crippen LogP contribution is 2.26. The van der Waals surface area contributed by atoms with Crippen LogP contribution in [0.4, 0.5) is 5.13 Å². The van der Waals surface area contributed by atoms with Crippen LogP contribution in [0.3, 0.4) is 0 Å². The zero-order valence-electron chi connectivity index (χ0n) is 7.04. The minimum Gasteiger partial charge on any atom is -0.477 e. The number of carbonyl (C=O) groups is 1. The summed E-state index contributed by atoms with van der Waals surface area (Å²) in [4.78, 5) is 14.4. The lowest BCUT2D eigenvalue weighted by atomic mass is 10.6. The number of nitrogens with zero attached hydrogens (tertiary/aromatic N) is 2. The van der Waals surface area contributed by atoms with Gasteiger partial charge in [-0.25, -0.2) is 14.8 Å². The topological polar surface area (TPSA) is 65.5 Å². The van der Waals surface area contributed by atoms with Crippen molar-refractivity contribution < 1.29 is 9.90 Å². The first-order valence-corrected chi connectivity index (χ1v) is 4.53. The molecule has 1 aromatic heterocycles. The number of hydrogen-bond acceptors (Lipinski definition) is 5. The molecule has 5 nitrogen and oxygen atoms in total. The summed E-state index contributed by atoms with van der Waals surface area (Å²) in [7, 11) is 3.55. The molecule has 0 aliphatic carbocycles. The van der Waals surface area contributed by atoms with Gasteiger partial charge in [-0.05, 0) is 0 Å². The smallest absolute Gasteiger partial charge is 0.349 e. The second-order valence-corrected chi connectivity index (χ2v) is 3.81. The fraction of sp³-hybridized carbons (Fsp3) is 0.333. The van der Waals surface area contributed by atoms with Crippen LogP contribution in [0, 0.1) is 0 Å². The van der Waals surface area contributed by atoms with Crippen LogP contribution in [-0.4, -0.2) is 35.2 Å². The third kappa shape index (κ3) is 2.55. The average molecular weight is 222 g/mol. The molecular weight excluding hydrogens is 214 g/mol. The van der Waals surface area contributed by atoms with Crippen LogP contribution in [0.5, 0.6) is 0 Å². The fourth-order valence-electron chi connectivity index (χ4n) is 0.673. The van der Waals surface area contributed by atoms with Gasteiger partial charge in [-0.15, -0.1) is 0 Å². The van der Waals surface area contributed by atoms with Crippen molar-refractivity contribution in [3.63, 3.8) is 0 Å². The molecule has 0 radical (unpaired) electrons. The van der Waals surface area contributed by atoms with Crippen molar-refractivity contribution in [2.45, 2.75) is 0 Å². The number of nitrogens with one attached hydrogen (secondary N) is 1. The maximum atomic E-state index is 10.6. The Morgan fingerprint density at radius 3 is 2.69 bits per heavy atom. The predicted molar refractivity (Wildman–Crippen MR) is 51.4 cm³/mol. The summed E-state index contributed by atoms with van der Waals surface area (Å²) in [6, 6.07) is 0. The number of aromatic nitrogens is 1. The zero-order valence-corrected chi connectivity index (χ0v) is 8.61. The first-order valence-electron chi connectivity index (χ1n) is 3.34. The summed E-state index contributed by atoms with van der Waals surface area (Å²) < 4.78 is 0. The lowest BCUT2D eigenvalue weighted by Gasteiger charge is -2.08. The molecule has 7 heteroatoms. The van der Waals surface area contributed by atoms with Crippen molar-refractivity contribution in [1.29, 1.82) is 0 Å². The van der Waals surface area contributed by atoms with Gasteiger partial charge in [0.1, 0.15) is 0 Å². The number of rotatable bonds is 3. The van der Waals surface area contributed by atoms with E-state index in [1.54, 1.807) is 19.1 Å². The van der Waals surface area contributed by atoms with Crippen molar-refractivity contribution in [1.82, 2.24) is 9.99 Å². The summed E-state index contributed by atoms with van der Waals surface area (Å²) in [6.45, 7) is 0. The molecule has 0 amide bonds. The maximum Gasteiger partial charge on any atom is 0.349 e. The summed E-state index contributed by atoms with van der Waals surface area (Å²) in [5.74, 6) is -1.06. The van der Waals surface area contributed by atoms with Crippen LogP contribution >= 0.6 is 22.9 Å². The molecule has 1 rings (SSSR count). The van der Waals surface area contributed by atoms with Gasteiger partial charge in [-0.1, -0.05) is 22.9 Å². The molecule has 72 valence electrons. The van der Waals surface area contributed by atoms with Gasteiger partial charge in [0, 0.05) is 14.1 Å². The Kier molecular flexibility index (Phi) is 3.07. The van der Waals surface area contributed by atoms with Crippen LogP contribution in [0.1, 0.15) is 9.67 Å². The number of thiazole rings is 1. The van der Waals surface area contributed by atoms with Gasteiger partial charge in [0.05, 0.1) is 0 Å². The van der Waals surface area contributed by atoms with Gasteiger partial charge in [0.2, 0.25) is 0 Å². The largest absolute Gasteiger partial charge is 0.477 e. The molecule has 0 aromatic carbocycles. The summed E-state index contributed by atoms with van der Waals surface area (Å²) in [5.41, 5.74) is 2.81. The highest BCUT2D eigenvalue weighted by molar-refractivity contribution is 7.17. The van der Waals surface area contributed by atoms with Crippen molar-refractivity contribution >= 4 is 34.0 Å². The van der Waals surface area contributed by atoms with Gasteiger partial charge in [-0.2, -0.15) is 0 Å². The first-order chi connectivity index (χ1) is 6.00. The highest BCUT2D eigenvalue weighted by Gasteiger charge is 2.15. The number of carboxylic acids is 1. The Balaban J connectivity index is 2.89. The Morgan fingerprint density at radius 1 is 1.69 bits per heavy atom. The van der Waals surface area contributed by atoms with E-state index in [0.29, 0.717) is 5.13 Å². The van der Waals surface area contributed by atoms with Crippen molar-refractivity contribution in [2.24, 2.45) is 0 Å². The molecule has 0 unspecified atom stereocenters. The van der Waals surface area contributed by atoms with E-state index in [0.717, 1.165) is 11.3 Å². The van der Waals surface area contributed by atoms with Crippen LogP contribution < -0.4 is 5.43 Å². The Bertz CT molecular complexity index is 326. The number of halogens is 1. The van der Waals surface area contributed by atoms with Crippen LogP contribution in [0.2, 0.25) is 5.15 Å². The molecule has 2 N–H and O–H groups in total. The molecular formula is C6H8ClN3O2S. The maximum absolute atomic E-state index is 10.6. The number of aromatic carboxylic acids is 1. The third-order valence-electron chi connectivity index (χ3n) is 1.10. The SMILES string of the molecule is CN(C)Nc1nc(Cl)c(C(=O)O)s1. The molecule has 0 aliphatic rings. The quantitative estimate of drug-likeness (QED) is 0.755. The monoisotopic (exact) mass is 221 g/mol. The second kappa shape index (κ2) is 3.91. The van der Waals surface area contributed by atoms with E-state index in [1.807, 2.05) is 0 Å². The number of hydrogen-bond donors (Lipinski definition) is 2. The summed E-state index contributed by atoms with van der Waals surface area (Å²) >= 11 is 6.58. The molecule has 0 spiro atoms. The predicted octanol–water partition coefficient (Wildman–Crippen LogP) is 1.38. The average Bonchev–Trinajstić information content (AvgIpc) is 2.29. The lowest BCUT2D eigenvalue weighted by molar-refractivity contribution is 0.0702. The normalized spacial score (nSPS) is 10.5. The fourth-order valence-corrected chi connectivity index (χ4v) is 1.78. The molecule has 0 saturated carbocycles. The molecule has 1 aromatic rings. The molecule has 0 saturated heterocycles. The molecule has 0 fully saturated rings. The van der Waals surface area contributed by atoms with Crippen LogP contribution in [0.25, 0.3) is 0 Å². The minimum atomic E-state index is -1.06. The van der Waals surface area contributed by atoms with E-state index in [2.05, 4.69) is 10.4 Å². The molecule has 13 heavy (non-hydrogen) atoms. The van der Waals surface area contributed by atoms with Crippen LogP contribution in [0.15, 0.2) is 0 Å². The molecule has 0 aliphatic heterocycles. The van der Waals surface area contributed by atoms with E-state index < -0.39 is 5.97 Å². The summed E-state index contributed by atoms with van der Waals surface area (Å²) in [5, 5.41) is 10.8. The van der Waals surface area contributed by atoms with Gasteiger partial charge < -0.3 is 5.11 Å². The van der Waals surface area contributed by atoms with Crippen LogP contribution in [-0.2, 0) is 0 Å². The molecule has 1 heterocycles. The second-order valence-electron chi connectivity index (χ2n) is 2.45. The van der Waals surface area contributed by atoms with Gasteiger partial charge >= 0.3 is 5.97 Å². The van der Waals surface area contributed by atoms with Crippen molar-refractivity contribution in [3.8, 4) is 0 Å². The standard InChI is InChI=1S/C6H8ClN3O2S/c1-10(2)9-6-8-4(7)3(13-6)5(11)12/h1-2H3,(H,8,9)(H,11,12). The van der Waals surface area contributed by atoms with Gasteiger partial charge in [0.25, 0.3) is 0 Å². The Labute approximate surface area is 83.9 Å². The minimum absolute atomic E-state index is 0.0156. The highest BCUT2D eigenvalue weighted by atomic mass is 35.5. The van der Waals surface area contributed by atoms with Crippen molar-refractivity contribution in [3.05, 3.63) is 10.0 Å². The van der Waals surface area contributed by atoms with E-state index in [-0.39, 0.29) is 10.0 Å². The third-order valence-corrected chi connectivity index (χ3v) is 2.43. The molecule has 0 atom stereocenters. The van der Waals surface area contributed by atoms with Gasteiger partial charge in [0.15, 0.2) is 15.2 Å². The summed E-state index contributed by atoms with van der Waals surface area (Å²) in [6.07, 6.45) is 0. The zero-order chi connectivity index (χ0) is 10.0. The van der Waals surface area contributed by atoms with E-state index in [1.165, 1.54) is 0 Å². The van der Waals surface area contributed by atoms with Crippen molar-refractivity contribution in [2.75, 3.05) is 19.5 Å².